The zero-order valence-electron chi connectivity index (χ0n) is 11.9. The van der Waals surface area contributed by atoms with Crippen molar-refractivity contribution in [2.24, 2.45) is 0 Å². The third-order valence-corrected chi connectivity index (χ3v) is 3.84. The molecule has 1 aromatic carbocycles. The number of carboxylic acid groups (broad SMARTS) is 1. The lowest BCUT2D eigenvalue weighted by Gasteiger charge is -2.26. The molecule has 1 aliphatic carbocycles. The minimum absolute atomic E-state index is 0.0522. The molecular weight excluding hydrogens is 272 g/mol. The molecule has 1 aliphatic rings. The van der Waals surface area contributed by atoms with Gasteiger partial charge in [0.05, 0.1) is 11.7 Å². The van der Waals surface area contributed by atoms with E-state index in [1.807, 2.05) is 0 Å². The number of amides is 2. The maximum Gasteiger partial charge on any atom is 0.336 e. The van der Waals surface area contributed by atoms with Crippen LogP contribution in [-0.4, -0.2) is 34.4 Å². The van der Waals surface area contributed by atoms with Gasteiger partial charge in [-0.2, -0.15) is 0 Å². The first-order valence-corrected chi connectivity index (χ1v) is 7.06. The van der Waals surface area contributed by atoms with Crippen LogP contribution in [0.4, 0.5) is 10.5 Å². The Balaban J connectivity index is 1.97. The molecule has 2 rings (SSSR count). The highest BCUT2D eigenvalue weighted by molar-refractivity contribution is 5.95. The molecule has 4 N–H and O–H groups in total. The van der Waals surface area contributed by atoms with Crippen LogP contribution < -0.4 is 10.6 Å². The van der Waals surface area contributed by atoms with E-state index >= 15 is 0 Å². The smallest absolute Gasteiger partial charge is 0.336 e. The molecule has 0 spiro atoms. The van der Waals surface area contributed by atoms with Crippen molar-refractivity contribution >= 4 is 17.7 Å². The Hall–Kier alpha value is -2.08. The second-order valence-corrected chi connectivity index (χ2v) is 5.39. The molecule has 6 heteroatoms. The van der Waals surface area contributed by atoms with Crippen LogP contribution in [0.1, 0.15) is 41.6 Å². The van der Waals surface area contributed by atoms with Gasteiger partial charge in [-0.1, -0.05) is 6.07 Å². The second-order valence-electron chi connectivity index (χ2n) is 5.39. The molecule has 0 radical (unpaired) electrons. The van der Waals surface area contributed by atoms with E-state index in [2.05, 4.69) is 10.6 Å². The highest BCUT2D eigenvalue weighted by Crippen LogP contribution is 2.20. The summed E-state index contributed by atoms with van der Waals surface area (Å²) in [7, 11) is 0. The summed E-state index contributed by atoms with van der Waals surface area (Å²) in [5.74, 6) is -1.02. The number of rotatable bonds is 3. The van der Waals surface area contributed by atoms with Crippen LogP contribution in [0.3, 0.4) is 0 Å². The van der Waals surface area contributed by atoms with E-state index in [9.17, 15) is 14.7 Å². The number of anilines is 1. The lowest BCUT2D eigenvalue weighted by molar-refractivity contribution is 0.0696. The fraction of sp³-hybridized carbons (Fsp3) is 0.467. The second kappa shape index (κ2) is 6.58. The summed E-state index contributed by atoms with van der Waals surface area (Å²) in [5.41, 5.74) is 1.19. The van der Waals surface area contributed by atoms with Crippen LogP contribution >= 0.6 is 0 Å². The third-order valence-electron chi connectivity index (χ3n) is 3.84. The third kappa shape index (κ3) is 3.95. The summed E-state index contributed by atoms with van der Waals surface area (Å²) in [6.45, 7) is 1.66. The minimum atomic E-state index is -1.02. The number of hydrogen-bond donors (Lipinski definition) is 4. The summed E-state index contributed by atoms with van der Waals surface area (Å²) >= 11 is 0. The van der Waals surface area contributed by atoms with Gasteiger partial charge in [0.1, 0.15) is 0 Å². The van der Waals surface area contributed by atoms with Gasteiger partial charge in [0, 0.05) is 11.7 Å². The Bertz CT molecular complexity index is 536. The van der Waals surface area contributed by atoms with Crippen molar-refractivity contribution in [1.82, 2.24) is 5.32 Å². The zero-order chi connectivity index (χ0) is 15.4. The van der Waals surface area contributed by atoms with Crippen molar-refractivity contribution in [2.45, 2.75) is 44.8 Å². The van der Waals surface area contributed by atoms with Gasteiger partial charge in [-0.15, -0.1) is 0 Å². The highest BCUT2D eigenvalue weighted by atomic mass is 16.4. The number of aromatic carboxylic acids is 1. The van der Waals surface area contributed by atoms with Crippen LogP contribution in [0.5, 0.6) is 0 Å². The first kappa shape index (κ1) is 15.3. The van der Waals surface area contributed by atoms with Crippen LogP contribution in [0.25, 0.3) is 0 Å². The van der Waals surface area contributed by atoms with E-state index in [1.54, 1.807) is 19.1 Å². The molecule has 1 fully saturated rings. The fourth-order valence-electron chi connectivity index (χ4n) is 2.57. The number of urea groups is 1. The van der Waals surface area contributed by atoms with Gasteiger partial charge < -0.3 is 20.8 Å². The Kier molecular flexibility index (Phi) is 4.80. The lowest BCUT2D eigenvalue weighted by Crippen LogP contribution is -2.41. The largest absolute Gasteiger partial charge is 0.478 e. The van der Waals surface area contributed by atoms with E-state index in [1.165, 1.54) is 6.07 Å². The quantitative estimate of drug-likeness (QED) is 0.685. The molecule has 0 atom stereocenters. The number of benzene rings is 1. The Morgan fingerprint density at radius 2 is 1.86 bits per heavy atom. The van der Waals surface area contributed by atoms with Crippen LogP contribution in [-0.2, 0) is 0 Å². The molecule has 1 aromatic rings. The molecule has 114 valence electrons. The van der Waals surface area contributed by atoms with Gasteiger partial charge in [-0.25, -0.2) is 9.59 Å². The van der Waals surface area contributed by atoms with Crippen LogP contribution in [0.15, 0.2) is 18.2 Å². The summed E-state index contributed by atoms with van der Waals surface area (Å²) in [6, 6.07) is 4.48. The van der Waals surface area contributed by atoms with Gasteiger partial charge in [-0.3, -0.25) is 0 Å². The first-order chi connectivity index (χ1) is 9.97. The predicted molar refractivity (Wildman–Crippen MR) is 78.6 cm³/mol. The van der Waals surface area contributed by atoms with Gasteiger partial charge >= 0.3 is 12.0 Å². The molecule has 1 saturated carbocycles. The summed E-state index contributed by atoms with van der Waals surface area (Å²) < 4.78 is 0. The predicted octanol–water partition coefficient (Wildman–Crippen LogP) is 2.12. The average Bonchev–Trinajstić information content (AvgIpc) is 2.43. The molecule has 0 unspecified atom stereocenters. The normalized spacial score (nSPS) is 21.6. The molecule has 0 saturated heterocycles. The van der Waals surface area contributed by atoms with E-state index in [-0.39, 0.29) is 23.7 Å². The van der Waals surface area contributed by atoms with Crippen molar-refractivity contribution in [2.75, 3.05) is 5.32 Å². The van der Waals surface area contributed by atoms with Crippen molar-refractivity contribution in [3.05, 3.63) is 29.3 Å². The van der Waals surface area contributed by atoms with Crippen LogP contribution in [0, 0.1) is 6.92 Å². The summed E-state index contributed by atoms with van der Waals surface area (Å²) in [6.07, 6.45) is 2.63. The number of aliphatic hydroxyl groups excluding tert-OH is 1. The molecule has 0 bridgehead atoms. The number of carbonyl (C=O) groups excluding carboxylic acids is 1. The lowest BCUT2D eigenvalue weighted by atomic mass is 9.93. The molecule has 21 heavy (non-hydrogen) atoms. The van der Waals surface area contributed by atoms with E-state index in [0.29, 0.717) is 24.1 Å². The standard InChI is InChI=1S/C15H20N2O4/c1-9-12(14(19)20)3-2-4-13(9)17-15(21)16-10-5-7-11(18)8-6-10/h2-4,10-11,18H,5-8H2,1H3,(H,19,20)(H2,16,17,21). The first-order valence-electron chi connectivity index (χ1n) is 7.06. The number of nitrogens with one attached hydrogen (secondary N) is 2. The van der Waals surface area contributed by atoms with E-state index < -0.39 is 5.97 Å². The minimum Gasteiger partial charge on any atom is -0.478 e. The van der Waals surface area contributed by atoms with E-state index in [4.69, 9.17) is 5.11 Å². The molecule has 6 nitrogen and oxygen atoms in total. The summed E-state index contributed by atoms with van der Waals surface area (Å²) in [4.78, 5) is 23.0. The fourth-order valence-corrected chi connectivity index (χ4v) is 2.57. The van der Waals surface area contributed by atoms with Crippen molar-refractivity contribution < 1.29 is 19.8 Å². The Morgan fingerprint density at radius 1 is 1.19 bits per heavy atom. The zero-order valence-corrected chi connectivity index (χ0v) is 11.9. The Labute approximate surface area is 123 Å². The van der Waals surface area contributed by atoms with Gasteiger partial charge in [-0.05, 0) is 50.3 Å². The van der Waals surface area contributed by atoms with Gasteiger partial charge in [0.15, 0.2) is 0 Å². The average molecular weight is 292 g/mol. The number of carbonyl (C=O) groups is 2. The maximum absolute atomic E-state index is 12.0. The van der Waals surface area contributed by atoms with Gasteiger partial charge in [0.25, 0.3) is 0 Å². The molecule has 2 amide bonds. The van der Waals surface area contributed by atoms with Crippen molar-refractivity contribution in [3.63, 3.8) is 0 Å². The highest BCUT2D eigenvalue weighted by Gasteiger charge is 2.21. The molecule has 0 heterocycles. The van der Waals surface area contributed by atoms with Crippen molar-refractivity contribution in [1.29, 1.82) is 0 Å². The monoisotopic (exact) mass is 292 g/mol. The number of carboxylic acids is 1. The topological polar surface area (TPSA) is 98.7 Å². The molecule has 0 aromatic heterocycles. The summed E-state index contributed by atoms with van der Waals surface area (Å²) in [5, 5.41) is 24.0. The maximum atomic E-state index is 12.0. The van der Waals surface area contributed by atoms with Crippen LogP contribution in [0.2, 0.25) is 0 Å². The van der Waals surface area contributed by atoms with Crippen molar-refractivity contribution in [3.8, 4) is 0 Å². The van der Waals surface area contributed by atoms with Gasteiger partial charge in [0.2, 0.25) is 0 Å². The molecular formula is C15H20N2O4. The van der Waals surface area contributed by atoms with E-state index in [0.717, 1.165) is 12.8 Å². The number of aliphatic hydroxyl groups is 1. The molecule has 0 aliphatic heterocycles. The number of hydrogen-bond acceptors (Lipinski definition) is 3. The SMILES string of the molecule is Cc1c(NC(=O)NC2CCC(O)CC2)cccc1C(=O)O. The Morgan fingerprint density at radius 3 is 2.48 bits per heavy atom.